The normalized spacial score (nSPS) is 29.6. The van der Waals surface area contributed by atoms with Gasteiger partial charge in [0.2, 0.25) is 11.8 Å². The smallest absolute Gasteiger partial charge is 0.245 e. The van der Waals surface area contributed by atoms with Gasteiger partial charge in [0.05, 0.1) is 6.61 Å². The van der Waals surface area contributed by atoms with E-state index in [2.05, 4.69) is 5.32 Å². The average Bonchev–Trinajstić information content (AvgIpc) is 2.71. The number of nitrogens with zero attached hydrogens (tertiary/aromatic N) is 1. The summed E-state index contributed by atoms with van der Waals surface area (Å²) in [6.07, 6.45) is 6.99. The van der Waals surface area contributed by atoms with Gasteiger partial charge < -0.3 is 15.0 Å². The minimum Gasteiger partial charge on any atom is -0.494 e. The van der Waals surface area contributed by atoms with Crippen LogP contribution < -0.4 is 10.1 Å². The van der Waals surface area contributed by atoms with Crippen LogP contribution in [0.3, 0.4) is 0 Å². The van der Waals surface area contributed by atoms with E-state index in [-0.39, 0.29) is 23.1 Å². The fraction of sp³-hybridized carbons (Fsp3) is 0.692. The van der Waals surface area contributed by atoms with Crippen molar-refractivity contribution in [3.05, 3.63) is 29.8 Å². The Labute approximate surface area is 186 Å². The standard InChI is InChI=1S/C26H38N2O3/c1-5-31-22-8-6-18(7-9-22)16-28(4)24(29)23(17(2)3)27-25(30)26-13-19-10-20(14-26)12-21(11-19)15-26/h6-9,17,19-21,23H,5,10-16H2,1-4H3,(H,27,30)/t19?,20?,21?,23-,26?/m1/s1. The molecule has 5 heteroatoms. The molecule has 1 atom stereocenters. The summed E-state index contributed by atoms with van der Waals surface area (Å²) < 4.78 is 5.50. The molecule has 0 aliphatic heterocycles. The van der Waals surface area contributed by atoms with Crippen LogP contribution in [0.5, 0.6) is 5.75 Å². The monoisotopic (exact) mass is 426 g/mol. The largest absolute Gasteiger partial charge is 0.494 e. The molecule has 0 unspecified atom stereocenters. The van der Waals surface area contributed by atoms with Crippen LogP contribution in [-0.2, 0) is 16.1 Å². The highest BCUT2D eigenvalue weighted by molar-refractivity contribution is 5.90. The molecule has 2 amide bonds. The molecule has 4 bridgehead atoms. The van der Waals surface area contributed by atoms with Gasteiger partial charge in [-0.15, -0.1) is 0 Å². The average molecular weight is 427 g/mol. The molecule has 4 saturated carbocycles. The van der Waals surface area contributed by atoms with Crippen molar-refractivity contribution in [1.82, 2.24) is 10.2 Å². The third-order valence-corrected chi connectivity index (χ3v) is 7.77. The molecule has 1 aromatic rings. The summed E-state index contributed by atoms with van der Waals surface area (Å²) in [5.41, 5.74) is 0.824. The van der Waals surface area contributed by atoms with Crippen LogP contribution in [0.15, 0.2) is 24.3 Å². The maximum Gasteiger partial charge on any atom is 0.245 e. The van der Waals surface area contributed by atoms with Gasteiger partial charge in [-0.05, 0) is 86.8 Å². The molecule has 1 aromatic carbocycles. The van der Waals surface area contributed by atoms with Crippen molar-refractivity contribution in [2.24, 2.45) is 29.1 Å². The number of carbonyl (C=O) groups is 2. The summed E-state index contributed by atoms with van der Waals surface area (Å²) >= 11 is 0. The van der Waals surface area contributed by atoms with E-state index in [1.165, 1.54) is 19.3 Å². The molecule has 4 aliphatic rings. The molecule has 0 saturated heterocycles. The molecule has 5 nitrogen and oxygen atoms in total. The van der Waals surface area contributed by atoms with Crippen LogP contribution in [0.2, 0.25) is 0 Å². The molecule has 0 radical (unpaired) electrons. The topological polar surface area (TPSA) is 58.6 Å². The van der Waals surface area contributed by atoms with Crippen LogP contribution in [-0.4, -0.2) is 36.4 Å². The van der Waals surface area contributed by atoms with Crippen molar-refractivity contribution < 1.29 is 14.3 Å². The summed E-state index contributed by atoms with van der Waals surface area (Å²) in [5.74, 6) is 3.15. The molecular formula is C26H38N2O3. The minimum absolute atomic E-state index is 0.0121. The fourth-order valence-electron chi connectivity index (χ4n) is 6.64. The van der Waals surface area contributed by atoms with E-state index in [1.54, 1.807) is 4.90 Å². The van der Waals surface area contributed by atoms with Gasteiger partial charge >= 0.3 is 0 Å². The van der Waals surface area contributed by atoms with Gasteiger partial charge in [0, 0.05) is 19.0 Å². The molecule has 0 spiro atoms. The van der Waals surface area contributed by atoms with Crippen LogP contribution >= 0.6 is 0 Å². The molecule has 0 aromatic heterocycles. The molecule has 0 heterocycles. The predicted molar refractivity (Wildman–Crippen MR) is 121 cm³/mol. The lowest BCUT2D eigenvalue weighted by molar-refractivity contribution is -0.150. The zero-order chi connectivity index (χ0) is 22.2. The van der Waals surface area contributed by atoms with Gasteiger partial charge in [-0.25, -0.2) is 0 Å². The second-order valence-corrected chi connectivity index (χ2v) is 10.7. The number of nitrogens with one attached hydrogen (secondary N) is 1. The first kappa shape index (κ1) is 22.2. The Morgan fingerprint density at radius 1 is 1.06 bits per heavy atom. The van der Waals surface area contributed by atoms with Gasteiger partial charge in [0.15, 0.2) is 0 Å². The van der Waals surface area contributed by atoms with Gasteiger partial charge in [-0.2, -0.15) is 0 Å². The Kier molecular flexibility index (Phi) is 6.32. The van der Waals surface area contributed by atoms with E-state index < -0.39 is 6.04 Å². The van der Waals surface area contributed by atoms with E-state index in [0.717, 1.165) is 30.6 Å². The number of rotatable bonds is 8. The molecule has 4 aliphatic carbocycles. The van der Waals surface area contributed by atoms with Gasteiger partial charge in [-0.3, -0.25) is 9.59 Å². The van der Waals surface area contributed by atoms with Crippen molar-refractivity contribution in [3.63, 3.8) is 0 Å². The second kappa shape index (κ2) is 8.84. The molecule has 5 rings (SSSR count). The molecule has 1 N–H and O–H groups in total. The summed E-state index contributed by atoms with van der Waals surface area (Å²) in [7, 11) is 1.82. The maximum atomic E-state index is 13.5. The van der Waals surface area contributed by atoms with Crippen LogP contribution in [0, 0.1) is 29.1 Å². The summed E-state index contributed by atoms with van der Waals surface area (Å²) in [4.78, 5) is 28.5. The Morgan fingerprint density at radius 3 is 2.10 bits per heavy atom. The van der Waals surface area contributed by atoms with E-state index in [1.807, 2.05) is 52.1 Å². The van der Waals surface area contributed by atoms with Crippen LogP contribution in [0.1, 0.15) is 64.9 Å². The first-order valence-electron chi connectivity index (χ1n) is 12.1. The number of amides is 2. The Hall–Kier alpha value is -2.04. The fourth-order valence-corrected chi connectivity index (χ4v) is 6.64. The number of likely N-dealkylation sites (N-methyl/N-ethyl adjacent to an activating group) is 1. The summed E-state index contributed by atoms with van der Waals surface area (Å²) in [5, 5.41) is 3.22. The molecule has 4 fully saturated rings. The molecule has 31 heavy (non-hydrogen) atoms. The highest BCUT2D eigenvalue weighted by Crippen LogP contribution is 2.60. The molecular weight excluding hydrogens is 388 g/mol. The lowest BCUT2D eigenvalue weighted by atomic mass is 9.49. The van der Waals surface area contributed by atoms with Crippen molar-refractivity contribution >= 4 is 11.8 Å². The van der Waals surface area contributed by atoms with Gasteiger partial charge in [-0.1, -0.05) is 26.0 Å². The number of ether oxygens (including phenoxy) is 1. The van der Waals surface area contributed by atoms with Crippen molar-refractivity contribution in [2.45, 2.75) is 71.9 Å². The van der Waals surface area contributed by atoms with Crippen molar-refractivity contribution in [1.29, 1.82) is 0 Å². The highest BCUT2D eigenvalue weighted by atomic mass is 16.5. The number of hydrogen-bond donors (Lipinski definition) is 1. The van der Waals surface area contributed by atoms with E-state index in [9.17, 15) is 9.59 Å². The van der Waals surface area contributed by atoms with E-state index in [0.29, 0.717) is 30.9 Å². The SMILES string of the molecule is CCOc1ccc(CN(C)C(=O)[C@H](NC(=O)C23CC4CC(CC(C4)C2)C3)C(C)C)cc1. The summed E-state index contributed by atoms with van der Waals surface area (Å²) in [6, 6.07) is 7.38. The van der Waals surface area contributed by atoms with Gasteiger partial charge in [0.1, 0.15) is 11.8 Å². The minimum atomic E-state index is -0.479. The first-order valence-corrected chi connectivity index (χ1v) is 12.1. The number of benzene rings is 1. The quantitative estimate of drug-likeness (QED) is 0.670. The number of hydrogen-bond acceptors (Lipinski definition) is 3. The number of carbonyl (C=O) groups excluding carboxylic acids is 2. The van der Waals surface area contributed by atoms with Crippen LogP contribution in [0.4, 0.5) is 0 Å². The van der Waals surface area contributed by atoms with Gasteiger partial charge in [0.25, 0.3) is 0 Å². The summed E-state index contributed by atoms with van der Waals surface area (Å²) in [6.45, 7) is 7.16. The Balaban J connectivity index is 1.41. The third kappa shape index (κ3) is 4.61. The van der Waals surface area contributed by atoms with E-state index >= 15 is 0 Å². The maximum absolute atomic E-state index is 13.5. The third-order valence-electron chi connectivity index (χ3n) is 7.77. The lowest BCUT2D eigenvalue weighted by Gasteiger charge is -2.56. The zero-order valence-corrected chi connectivity index (χ0v) is 19.5. The van der Waals surface area contributed by atoms with Crippen molar-refractivity contribution in [2.75, 3.05) is 13.7 Å². The van der Waals surface area contributed by atoms with E-state index in [4.69, 9.17) is 4.74 Å². The van der Waals surface area contributed by atoms with Crippen LogP contribution in [0.25, 0.3) is 0 Å². The lowest BCUT2D eigenvalue weighted by Crippen LogP contribution is -2.58. The zero-order valence-electron chi connectivity index (χ0n) is 19.5. The second-order valence-electron chi connectivity index (χ2n) is 10.7. The molecule has 170 valence electrons. The predicted octanol–water partition coefficient (Wildman–Crippen LogP) is 4.40. The highest BCUT2D eigenvalue weighted by Gasteiger charge is 2.55. The van der Waals surface area contributed by atoms with Crippen molar-refractivity contribution in [3.8, 4) is 5.75 Å². The Bertz CT molecular complexity index is 766. The first-order chi connectivity index (χ1) is 14.8. The Morgan fingerprint density at radius 2 is 1.61 bits per heavy atom.